The van der Waals surface area contributed by atoms with Gasteiger partial charge in [-0.1, -0.05) is 34.8 Å². The van der Waals surface area contributed by atoms with Crippen molar-refractivity contribution in [3.63, 3.8) is 0 Å². The van der Waals surface area contributed by atoms with Crippen LogP contribution in [0.2, 0.25) is 15.1 Å². The zero-order valence-electron chi connectivity index (χ0n) is 19.6. The maximum absolute atomic E-state index is 13.8. The van der Waals surface area contributed by atoms with E-state index in [1.165, 1.54) is 66.9 Å². The molecule has 38 heavy (non-hydrogen) atoms. The molecule has 0 fully saturated rings. The number of nitrogens with one attached hydrogen (secondary N) is 2. The maximum atomic E-state index is 13.8. The fourth-order valence-electron chi connectivity index (χ4n) is 3.43. The van der Waals surface area contributed by atoms with Crippen LogP contribution in [0.5, 0.6) is 0 Å². The standard InChI is InChI=1S/C25H21Cl3N4O4S2/c26-18-3-9-21(10-4-18)29-16-17-31-25-24(2-1-15-30-25)32(37(33,34)22-11-5-19(27)6-12-22)38(35,36)23-13-7-20(28)8-14-23/h1-15,29H,16-17H2,(H,30,31). The van der Waals surface area contributed by atoms with E-state index in [-0.39, 0.29) is 21.3 Å². The second-order valence-corrected chi connectivity index (χ2v) is 13.0. The van der Waals surface area contributed by atoms with Gasteiger partial charge in [0.25, 0.3) is 20.0 Å². The van der Waals surface area contributed by atoms with Gasteiger partial charge in [0.15, 0.2) is 5.82 Å². The van der Waals surface area contributed by atoms with Crippen LogP contribution in [0.3, 0.4) is 0 Å². The Kier molecular flexibility index (Phi) is 8.69. The molecule has 0 saturated carbocycles. The SMILES string of the molecule is O=S(=O)(c1ccc(Cl)cc1)N(c1cccnc1NCCNc1ccc(Cl)cc1)S(=O)(=O)c1ccc(Cl)cc1. The molecule has 0 amide bonds. The number of hydrogen-bond acceptors (Lipinski definition) is 7. The van der Waals surface area contributed by atoms with Gasteiger partial charge in [-0.05, 0) is 84.9 Å². The van der Waals surface area contributed by atoms with Crippen LogP contribution in [-0.4, -0.2) is 34.9 Å². The summed E-state index contributed by atoms with van der Waals surface area (Å²) >= 11 is 17.8. The van der Waals surface area contributed by atoms with Crippen LogP contribution in [0.15, 0.2) is 101 Å². The minimum atomic E-state index is -4.64. The highest BCUT2D eigenvalue weighted by atomic mass is 35.5. The molecule has 4 rings (SSSR count). The fraction of sp³-hybridized carbons (Fsp3) is 0.0800. The van der Waals surface area contributed by atoms with Gasteiger partial charge in [-0.25, -0.2) is 21.8 Å². The van der Waals surface area contributed by atoms with E-state index in [9.17, 15) is 16.8 Å². The van der Waals surface area contributed by atoms with Gasteiger partial charge in [-0.3, -0.25) is 0 Å². The van der Waals surface area contributed by atoms with Crippen molar-refractivity contribution in [2.45, 2.75) is 9.79 Å². The molecule has 0 unspecified atom stereocenters. The van der Waals surface area contributed by atoms with E-state index in [1.807, 2.05) is 12.1 Å². The van der Waals surface area contributed by atoms with Crippen LogP contribution in [0, 0.1) is 0 Å². The molecule has 0 aliphatic carbocycles. The minimum absolute atomic E-state index is 0.0560. The molecule has 8 nitrogen and oxygen atoms in total. The van der Waals surface area contributed by atoms with Crippen LogP contribution in [0.25, 0.3) is 0 Å². The molecule has 0 atom stereocenters. The number of hydrogen-bond donors (Lipinski definition) is 2. The number of rotatable bonds is 10. The molecule has 13 heteroatoms. The van der Waals surface area contributed by atoms with Crippen molar-refractivity contribution in [1.82, 2.24) is 4.98 Å². The molecule has 198 valence electrons. The predicted octanol–water partition coefficient (Wildman–Crippen LogP) is 6.15. The molecule has 1 aromatic heterocycles. The Bertz CT molecular complexity index is 1540. The Morgan fingerprint density at radius 1 is 0.632 bits per heavy atom. The van der Waals surface area contributed by atoms with Crippen molar-refractivity contribution < 1.29 is 16.8 Å². The van der Waals surface area contributed by atoms with Gasteiger partial charge < -0.3 is 10.6 Å². The van der Waals surface area contributed by atoms with Crippen molar-refractivity contribution >= 4 is 72.0 Å². The molecule has 0 bridgehead atoms. The Labute approximate surface area is 236 Å². The number of benzene rings is 3. The van der Waals surface area contributed by atoms with E-state index >= 15 is 0 Å². The number of sulfonamides is 2. The highest BCUT2D eigenvalue weighted by molar-refractivity contribution is 8.10. The molecule has 4 aromatic rings. The lowest BCUT2D eigenvalue weighted by Crippen LogP contribution is -2.37. The summed E-state index contributed by atoms with van der Waals surface area (Å²) < 4.78 is 55.7. The molecule has 0 aliphatic rings. The third-order valence-corrected chi connectivity index (χ3v) is 10.2. The van der Waals surface area contributed by atoms with Crippen molar-refractivity contribution in [1.29, 1.82) is 0 Å². The van der Waals surface area contributed by atoms with Gasteiger partial charge in [0.2, 0.25) is 0 Å². The minimum Gasteiger partial charge on any atom is -0.383 e. The van der Waals surface area contributed by atoms with Gasteiger partial charge in [-0.2, -0.15) is 3.71 Å². The molecule has 0 saturated heterocycles. The van der Waals surface area contributed by atoms with E-state index in [0.29, 0.717) is 31.9 Å². The third-order valence-electron chi connectivity index (χ3n) is 5.23. The first kappa shape index (κ1) is 28.0. The fourth-order valence-corrected chi connectivity index (χ4v) is 7.51. The summed E-state index contributed by atoms with van der Waals surface area (Å²) in [5, 5.41) is 7.42. The normalized spacial score (nSPS) is 11.7. The van der Waals surface area contributed by atoms with E-state index in [2.05, 4.69) is 15.6 Å². The summed E-state index contributed by atoms with van der Waals surface area (Å²) in [6.45, 7) is 0.716. The van der Waals surface area contributed by atoms with E-state index in [4.69, 9.17) is 34.8 Å². The molecular weight excluding hydrogens is 591 g/mol. The second-order valence-electron chi connectivity index (χ2n) is 7.85. The largest absolute Gasteiger partial charge is 0.383 e. The summed E-state index contributed by atoms with van der Waals surface area (Å²) in [5.74, 6) is 0.0560. The van der Waals surface area contributed by atoms with E-state index in [0.717, 1.165) is 5.69 Å². The van der Waals surface area contributed by atoms with Gasteiger partial charge in [0.1, 0.15) is 5.69 Å². The smallest absolute Gasteiger partial charge is 0.277 e. The van der Waals surface area contributed by atoms with Crippen LogP contribution < -0.4 is 14.3 Å². The average molecular weight is 612 g/mol. The first-order valence-corrected chi connectivity index (χ1v) is 15.1. The molecule has 3 aromatic carbocycles. The highest BCUT2D eigenvalue weighted by Crippen LogP contribution is 2.35. The molecule has 2 N–H and O–H groups in total. The van der Waals surface area contributed by atoms with Gasteiger partial charge >= 0.3 is 0 Å². The van der Waals surface area contributed by atoms with Crippen LogP contribution in [0.4, 0.5) is 17.2 Å². The number of halogens is 3. The summed E-state index contributed by atoms with van der Waals surface area (Å²) in [7, 11) is -9.28. The lowest BCUT2D eigenvalue weighted by atomic mass is 10.3. The topological polar surface area (TPSA) is 108 Å². The molecule has 1 heterocycles. The molecule has 0 aliphatic heterocycles. The van der Waals surface area contributed by atoms with E-state index in [1.54, 1.807) is 12.1 Å². The monoisotopic (exact) mass is 610 g/mol. The van der Waals surface area contributed by atoms with Crippen LogP contribution >= 0.6 is 34.8 Å². The average Bonchev–Trinajstić information content (AvgIpc) is 2.89. The predicted molar refractivity (Wildman–Crippen MR) is 152 cm³/mol. The Hall–Kier alpha value is -3.02. The molecule has 0 radical (unpaired) electrons. The number of pyridine rings is 1. The summed E-state index contributed by atoms with van der Waals surface area (Å²) in [6.07, 6.45) is 1.43. The first-order valence-electron chi connectivity index (χ1n) is 11.1. The first-order chi connectivity index (χ1) is 18.1. The second kappa shape index (κ2) is 11.8. The Balaban J connectivity index is 1.72. The Morgan fingerprint density at radius 3 is 1.58 bits per heavy atom. The zero-order chi connectivity index (χ0) is 27.3. The molecule has 0 spiro atoms. The number of aromatic nitrogens is 1. The molecular formula is C25H21Cl3N4O4S2. The van der Waals surface area contributed by atoms with Crippen molar-refractivity contribution in [2.75, 3.05) is 27.4 Å². The quantitative estimate of drug-likeness (QED) is 0.207. The van der Waals surface area contributed by atoms with Gasteiger partial charge in [0, 0.05) is 40.0 Å². The highest BCUT2D eigenvalue weighted by Gasteiger charge is 2.38. The zero-order valence-corrected chi connectivity index (χ0v) is 23.5. The third kappa shape index (κ3) is 6.33. The Morgan fingerprint density at radius 2 is 1.08 bits per heavy atom. The van der Waals surface area contributed by atoms with Crippen molar-refractivity contribution in [3.05, 3.63) is 106 Å². The lowest BCUT2D eigenvalue weighted by Gasteiger charge is -2.26. The van der Waals surface area contributed by atoms with Crippen LogP contribution in [-0.2, 0) is 20.0 Å². The van der Waals surface area contributed by atoms with Gasteiger partial charge in [-0.15, -0.1) is 0 Å². The van der Waals surface area contributed by atoms with Crippen LogP contribution in [0.1, 0.15) is 0 Å². The number of anilines is 3. The maximum Gasteiger partial charge on any atom is 0.277 e. The van der Waals surface area contributed by atoms with Crippen molar-refractivity contribution in [3.8, 4) is 0 Å². The van der Waals surface area contributed by atoms with Crippen molar-refractivity contribution in [2.24, 2.45) is 0 Å². The lowest BCUT2D eigenvalue weighted by molar-refractivity contribution is 0.584. The summed E-state index contributed by atoms with van der Waals surface area (Å²) in [4.78, 5) is 3.70. The van der Waals surface area contributed by atoms with E-state index < -0.39 is 20.0 Å². The summed E-state index contributed by atoms with van der Waals surface area (Å²) in [5.41, 5.74) is 0.651. The van der Waals surface area contributed by atoms with Gasteiger partial charge in [0.05, 0.1) is 9.79 Å². The number of nitrogens with zero attached hydrogens (tertiary/aromatic N) is 2. The summed E-state index contributed by atoms with van der Waals surface area (Å²) in [6, 6.07) is 20.4.